The molecule has 1 rings (SSSR count). The third-order valence-corrected chi connectivity index (χ3v) is 1.53. The first-order valence-electron chi connectivity index (χ1n) is 3.33. The van der Waals surface area contributed by atoms with Crippen LogP contribution in [0.15, 0.2) is 36.5 Å². The van der Waals surface area contributed by atoms with E-state index in [-0.39, 0.29) is 0 Å². The molecule has 9 heavy (non-hydrogen) atoms. The highest BCUT2D eigenvalue weighted by Gasteiger charge is 1.99. The molecule has 0 nitrogen and oxygen atoms in total. The summed E-state index contributed by atoms with van der Waals surface area (Å²) in [5, 5.41) is 0. The molecule has 0 aromatic rings. The van der Waals surface area contributed by atoms with Crippen LogP contribution in [-0.4, -0.2) is 0 Å². The van der Waals surface area contributed by atoms with E-state index in [2.05, 4.69) is 31.7 Å². The van der Waals surface area contributed by atoms with Crippen LogP contribution in [0.3, 0.4) is 0 Å². The van der Waals surface area contributed by atoms with Gasteiger partial charge in [-0.15, -0.1) is 0 Å². The Hall–Kier alpha value is -0.780. The second-order valence-electron chi connectivity index (χ2n) is 2.49. The van der Waals surface area contributed by atoms with Gasteiger partial charge in [0.25, 0.3) is 0 Å². The average Bonchev–Trinajstić information content (AvgIpc) is 1.88. The molecule has 0 radical (unpaired) electrons. The first kappa shape index (κ1) is 6.34. The van der Waals surface area contributed by atoms with E-state index in [1.807, 2.05) is 6.08 Å². The molecule has 1 atom stereocenters. The van der Waals surface area contributed by atoms with Crippen molar-refractivity contribution in [2.24, 2.45) is 5.92 Å². The van der Waals surface area contributed by atoms with Crippen LogP contribution in [0, 0.1) is 5.92 Å². The largest absolute Gasteiger partial charge is 0.0985 e. The lowest BCUT2D eigenvalue weighted by atomic mass is 9.98. The van der Waals surface area contributed by atoms with Gasteiger partial charge in [0.1, 0.15) is 0 Å². The Labute approximate surface area is 56.6 Å². The number of hydrogen-bond acceptors (Lipinski definition) is 0. The van der Waals surface area contributed by atoms with Crippen LogP contribution in [0.1, 0.15) is 13.3 Å². The minimum atomic E-state index is 0.697. The topological polar surface area (TPSA) is 0 Å². The summed E-state index contributed by atoms with van der Waals surface area (Å²) in [6, 6.07) is 0. The first-order valence-corrected chi connectivity index (χ1v) is 3.33. The molecule has 0 aromatic carbocycles. The molecule has 0 aliphatic heterocycles. The molecule has 0 N–H and O–H groups in total. The Morgan fingerprint density at radius 1 is 1.78 bits per heavy atom. The van der Waals surface area contributed by atoms with Gasteiger partial charge in [0.2, 0.25) is 0 Å². The van der Waals surface area contributed by atoms with E-state index in [9.17, 15) is 0 Å². The molecule has 0 heteroatoms. The molecule has 0 unspecified atom stereocenters. The van der Waals surface area contributed by atoms with Crippen molar-refractivity contribution in [1.82, 2.24) is 0 Å². The maximum Gasteiger partial charge on any atom is -0.0218 e. The number of rotatable bonds is 1. The Bertz CT molecular complexity index is 161. The summed E-state index contributed by atoms with van der Waals surface area (Å²) in [5.41, 5.74) is 1.26. The third-order valence-electron chi connectivity index (χ3n) is 1.53. The zero-order valence-electron chi connectivity index (χ0n) is 5.80. The smallest absolute Gasteiger partial charge is 0.0218 e. The minimum absolute atomic E-state index is 0.697. The minimum Gasteiger partial charge on any atom is -0.0985 e. The van der Waals surface area contributed by atoms with E-state index >= 15 is 0 Å². The molecule has 0 saturated carbocycles. The second-order valence-corrected chi connectivity index (χ2v) is 2.49. The van der Waals surface area contributed by atoms with Gasteiger partial charge in [-0.25, -0.2) is 0 Å². The highest BCUT2D eigenvalue weighted by molar-refractivity contribution is 5.32. The van der Waals surface area contributed by atoms with Crippen LogP contribution in [0.4, 0.5) is 0 Å². The highest BCUT2D eigenvalue weighted by atomic mass is 14.0. The van der Waals surface area contributed by atoms with E-state index < -0.39 is 0 Å². The van der Waals surface area contributed by atoms with Gasteiger partial charge < -0.3 is 0 Å². The number of hydrogen-bond donors (Lipinski definition) is 0. The lowest BCUT2D eigenvalue weighted by Crippen LogP contribution is -1.92. The fourth-order valence-electron chi connectivity index (χ4n) is 1.01. The van der Waals surface area contributed by atoms with Gasteiger partial charge in [0, 0.05) is 0 Å². The maximum absolute atomic E-state index is 3.70. The van der Waals surface area contributed by atoms with Crippen molar-refractivity contribution >= 4 is 0 Å². The lowest BCUT2D eigenvalue weighted by molar-refractivity contribution is 0.732. The molecular weight excluding hydrogens is 108 g/mol. The van der Waals surface area contributed by atoms with E-state index in [0.717, 1.165) is 0 Å². The van der Waals surface area contributed by atoms with Crippen molar-refractivity contribution in [2.75, 3.05) is 0 Å². The molecule has 0 spiro atoms. The van der Waals surface area contributed by atoms with Gasteiger partial charge in [-0.05, 0) is 17.9 Å². The molecule has 1 aliphatic rings. The van der Waals surface area contributed by atoms with Crippen molar-refractivity contribution in [1.29, 1.82) is 0 Å². The zero-order chi connectivity index (χ0) is 6.69. The maximum atomic E-state index is 3.70. The molecule has 0 amide bonds. The van der Waals surface area contributed by atoms with Gasteiger partial charge >= 0.3 is 0 Å². The predicted molar refractivity (Wildman–Crippen MR) is 41.2 cm³/mol. The fraction of sp³-hybridized carbons (Fsp3) is 0.333. The van der Waals surface area contributed by atoms with E-state index in [0.29, 0.717) is 5.92 Å². The van der Waals surface area contributed by atoms with Crippen molar-refractivity contribution in [3.63, 3.8) is 0 Å². The summed E-state index contributed by atoms with van der Waals surface area (Å²) < 4.78 is 0. The van der Waals surface area contributed by atoms with Crippen LogP contribution in [0.25, 0.3) is 0 Å². The molecule has 1 aliphatic carbocycles. The zero-order valence-corrected chi connectivity index (χ0v) is 5.80. The predicted octanol–water partition coefficient (Wildman–Crippen LogP) is 2.69. The van der Waals surface area contributed by atoms with Crippen LogP contribution in [-0.2, 0) is 0 Å². The van der Waals surface area contributed by atoms with Crippen LogP contribution in [0.2, 0.25) is 0 Å². The van der Waals surface area contributed by atoms with E-state index in [4.69, 9.17) is 0 Å². The summed E-state index contributed by atoms with van der Waals surface area (Å²) in [5.74, 6) is 0.697. The van der Waals surface area contributed by atoms with Crippen LogP contribution >= 0.6 is 0 Å². The van der Waals surface area contributed by atoms with Crippen molar-refractivity contribution < 1.29 is 0 Å². The second kappa shape index (κ2) is 2.67. The Kier molecular flexibility index (Phi) is 1.88. The Morgan fingerprint density at radius 3 is 3.00 bits per heavy atom. The van der Waals surface area contributed by atoms with Crippen LogP contribution in [0.5, 0.6) is 0 Å². The summed E-state index contributed by atoms with van der Waals surface area (Å²) >= 11 is 0. The van der Waals surface area contributed by atoms with Crippen molar-refractivity contribution in [3.8, 4) is 0 Å². The Morgan fingerprint density at radius 2 is 2.56 bits per heavy atom. The summed E-state index contributed by atoms with van der Waals surface area (Å²) in [4.78, 5) is 0. The monoisotopic (exact) mass is 120 g/mol. The number of allylic oxidation sites excluding steroid dienone is 5. The first-order chi connectivity index (χ1) is 4.33. The molecule has 0 heterocycles. The SMILES string of the molecule is C=CC1=C[C@H](C)CC=C1. The molecule has 0 aromatic heterocycles. The van der Waals surface area contributed by atoms with Gasteiger partial charge in [-0.1, -0.05) is 37.8 Å². The van der Waals surface area contributed by atoms with Crippen molar-refractivity contribution in [3.05, 3.63) is 36.5 Å². The Balaban J connectivity index is 2.70. The van der Waals surface area contributed by atoms with Gasteiger partial charge in [-0.2, -0.15) is 0 Å². The average molecular weight is 120 g/mol. The molecular formula is C9H12. The molecule has 48 valence electrons. The van der Waals surface area contributed by atoms with Gasteiger partial charge in [0.05, 0.1) is 0 Å². The lowest BCUT2D eigenvalue weighted by Gasteiger charge is -2.07. The summed E-state index contributed by atoms with van der Waals surface area (Å²) in [6.07, 6.45) is 9.63. The third kappa shape index (κ3) is 1.56. The van der Waals surface area contributed by atoms with Crippen molar-refractivity contribution in [2.45, 2.75) is 13.3 Å². The quantitative estimate of drug-likeness (QED) is 0.499. The van der Waals surface area contributed by atoms with E-state index in [1.165, 1.54) is 12.0 Å². The fourth-order valence-corrected chi connectivity index (χ4v) is 1.01. The summed E-state index contributed by atoms with van der Waals surface area (Å²) in [6.45, 7) is 5.91. The van der Waals surface area contributed by atoms with Gasteiger partial charge in [0.15, 0.2) is 0 Å². The normalized spacial score (nSPS) is 25.4. The molecule has 0 fully saturated rings. The van der Waals surface area contributed by atoms with E-state index in [1.54, 1.807) is 0 Å². The summed E-state index contributed by atoms with van der Waals surface area (Å²) in [7, 11) is 0. The van der Waals surface area contributed by atoms with Crippen LogP contribution < -0.4 is 0 Å². The molecule has 0 bridgehead atoms. The standard InChI is InChI=1S/C9H12/c1-3-9-6-4-5-8(2)7-9/h3-4,6-8H,1,5H2,2H3/t8-/m1/s1. The molecule has 0 saturated heterocycles. The highest BCUT2D eigenvalue weighted by Crippen LogP contribution is 2.15. The van der Waals surface area contributed by atoms with Gasteiger partial charge in [-0.3, -0.25) is 0 Å².